The molecule has 0 saturated heterocycles. The van der Waals surface area contributed by atoms with Crippen molar-refractivity contribution in [3.8, 4) is 0 Å². The van der Waals surface area contributed by atoms with Crippen LogP contribution in [0.1, 0.15) is 20.3 Å². The van der Waals surface area contributed by atoms with Gasteiger partial charge in [-0.3, -0.25) is 0 Å². The molecule has 0 rings (SSSR count). The highest BCUT2D eigenvalue weighted by molar-refractivity contribution is 5.15. The van der Waals surface area contributed by atoms with Crippen LogP contribution in [-0.2, 0) is 0 Å². The van der Waals surface area contributed by atoms with Crippen molar-refractivity contribution in [2.24, 2.45) is 5.11 Å². The summed E-state index contributed by atoms with van der Waals surface area (Å²) < 4.78 is 168. The van der Waals surface area contributed by atoms with E-state index in [0.29, 0.717) is 6.92 Å². The van der Waals surface area contributed by atoms with Gasteiger partial charge in [0.2, 0.25) is 0 Å². The molecule has 0 amide bonds. The second-order valence-electron chi connectivity index (χ2n) is 5.19. The molecule has 0 radical (unpaired) electrons. The summed E-state index contributed by atoms with van der Waals surface area (Å²) in [5, 5.41) is 2.08. The normalized spacial score (nSPS) is 17.5. The van der Waals surface area contributed by atoms with Gasteiger partial charge in [-0.15, -0.1) is 0 Å². The van der Waals surface area contributed by atoms with E-state index in [0.717, 1.165) is 0 Å². The first-order chi connectivity index (χ1) is 11.1. The lowest BCUT2D eigenvalue weighted by atomic mass is 9.82. The molecule has 0 spiro atoms. The molecule has 1 unspecified atom stereocenters. The average Bonchev–Trinajstić information content (AvgIpc) is 2.45. The Labute approximate surface area is 135 Å². The van der Waals surface area contributed by atoms with E-state index in [1.54, 1.807) is 4.91 Å². The lowest BCUT2D eigenvalue weighted by Gasteiger charge is -2.43. The second kappa shape index (κ2) is 6.23. The molecule has 16 heteroatoms. The van der Waals surface area contributed by atoms with E-state index >= 15 is 0 Å². The number of azide groups is 1. The first kappa shape index (κ1) is 24.4. The molecule has 0 aliphatic rings. The van der Waals surface area contributed by atoms with Gasteiger partial charge in [0.25, 0.3) is 0 Å². The Hall–Kier alpha value is -1.60. The van der Waals surface area contributed by atoms with Crippen molar-refractivity contribution in [1.29, 1.82) is 0 Å². The van der Waals surface area contributed by atoms with Crippen LogP contribution < -0.4 is 0 Å². The van der Waals surface area contributed by atoms with Crippen molar-refractivity contribution >= 4 is 0 Å². The minimum atomic E-state index is -7.98. The smallest absolute Gasteiger partial charge is 0.199 e. The van der Waals surface area contributed by atoms with Crippen LogP contribution in [0.25, 0.3) is 10.4 Å². The maximum atomic E-state index is 13.8. The van der Waals surface area contributed by atoms with Crippen molar-refractivity contribution < 1.29 is 57.1 Å². The monoisotopic (exact) mass is 417 g/mol. The Kier molecular flexibility index (Phi) is 5.85. The third kappa shape index (κ3) is 2.91. The zero-order valence-corrected chi connectivity index (χ0v) is 12.5. The van der Waals surface area contributed by atoms with Gasteiger partial charge < -0.3 is 0 Å². The van der Waals surface area contributed by atoms with Crippen LogP contribution >= 0.6 is 0 Å². The van der Waals surface area contributed by atoms with Gasteiger partial charge in [-0.2, -0.15) is 57.1 Å². The Balaban J connectivity index is 6.64. The summed E-state index contributed by atoms with van der Waals surface area (Å²) in [6.07, 6.45) is -8.86. The Morgan fingerprint density at radius 2 is 0.962 bits per heavy atom. The van der Waals surface area contributed by atoms with Crippen molar-refractivity contribution in [3.63, 3.8) is 0 Å². The third-order valence-corrected chi connectivity index (χ3v) is 3.56. The largest absolute Gasteiger partial charge is 0.460 e. The van der Waals surface area contributed by atoms with E-state index in [2.05, 4.69) is 5.11 Å². The summed E-state index contributed by atoms with van der Waals surface area (Å²) in [4.78, 5) is 1.64. The molecule has 154 valence electrons. The molecule has 26 heavy (non-hydrogen) atoms. The molecule has 0 saturated carbocycles. The van der Waals surface area contributed by atoms with Crippen LogP contribution in [0.3, 0.4) is 0 Å². The summed E-state index contributed by atoms with van der Waals surface area (Å²) in [6.45, 7) is 0.454. The highest BCUT2D eigenvalue weighted by Gasteiger charge is 2.91. The minimum absolute atomic E-state index is 0.100. The van der Waals surface area contributed by atoms with Crippen LogP contribution in [0.4, 0.5) is 57.1 Å². The molecule has 0 N–H and O–H groups in total. The fourth-order valence-corrected chi connectivity index (χ4v) is 1.56. The second-order valence-corrected chi connectivity index (χ2v) is 5.19. The van der Waals surface area contributed by atoms with Crippen LogP contribution in [0.2, 0.25) is 0 Å². The fraction of sp³-hybridized carbons (Fsp3) is 1.00. The number of rotatable bonds is 7. The SMILES string of the molecule is CCC(C)(N=[N+]=[N-])C(F)(F)C(F)(F)C(F)(F)C(F)(F)C(F)(F)C(F)(F)F. The van der Waals surface area contributed by atoms with E-state index < -0.39 is 47.7 Å². The van der Waals surface area contributed by atoms with Gasteiger partial charge in [-0.05, 0) is 18.9 Å². The van der Waals surface area contributed by atoms with Crippen LogP contribution in [-0.4, -0.2) is 41.3 Å². The molecule has 0 aliphatic heterocycles. The zero-order valence-electron chi connectivity index (χ0n) is 12.5. The molecule has 0 aromatic carbocycles. The van der Waals surface area contributed by atoms with Crippen molar-refractivity contribution in [1.82, 2.24) is 0 Å². The summed E-state index contributed by atoms with van der Waals surface area (Å²) in [5.41, 5.74) is 4.17. The average molecular weight is 417 g/mol. The number of nitrogens with zero attached hydrogens (tertiary/aromatic N) is 3. The molecular weight excluding hydrogens is 409 g/mol. The molecule has 0 heterocycles. The highest BCUT2D eigenvalue weighted by atomic mass is 19.4. The molecule has 0 aliphatic carbocycles. The van der Waals surface area contributed by atoms with Crippen molar-refractivity contribution in [3.05, 3.63) is 10.4 Å². The molecule has 3 nitrogen and oxygen atoms in total. The van der Waals surface area contributed by atoms with E-state index in [9.17, 15) is 57.1 Å². The van der Waals surface area contributed by atoms with Gasteiger partial charge in [-0.1, -0.05) is 12.0 Å². The maximum Gasteiger partial charge on any atom is 0.460 e. The molecule has 0 fully saturated rings. The third-order valence-electron chi connectivity index (χ3n) is 3.56. The van der Waals surface area contributed by atoms with E-state index in [1.165, 1.54) is 0 Å². The molecule has 0 aromatic rings. The number of hydrogen-bond acceptors (Lipinski definition) is 1. The number of halogens is 13. The van der Waals surface area contributed by atoms with Crippen LogP contribution in [0, 0.1) is 0 Å². The van der Waals surface area contributed by atoms with Gasteiger partial charge in [-0.25, -0.2) is 0 Å². The highest BCUT2D eigenvalue weighted by Crippen LogP contribution is 2.62. The summed E-state index contributed by atoms with van der Waals surface area (Å²) in [6, 6.07) is 0. The van der Waals surface area contributed by atoms with E-state index in [-0.39, 0.29) is 6.92 Å². The lowest BCUT2D eigenvalue weighted by molar-refractivity contribution is -0.443. The first-order valence-electron chi connectivity index (χ1n) is 6.14. The number of hydrogen-bond donors (Lipinski definition) is 0. The predicted octanol–water partition coefficient (Wildman–Crippen LogP) is 6.20. The van der Waals surface area contributed by atoms with Gasteiger partial charge in [0.1, 0.15) is 5.54 Å². The number of alkyl halides is 13. The quantitative estimate of drug-likeness (QED) is 0.205. The Bertz CT molecular complexity index is 575. The molecule has 0 bridgehead atoms. The summed E-state index contributed by atoms with van der Waals surface area (Å²) >= 11 is 0. The van der Waals surface area contributed by atoms with Gasteiger partial charge in [0.05, 0.1) is 0 Å². The zero-order chi connectivity index (χ0) is 21.6. The first-order valence-corrected chi connectivity index (χ1v) is 6.14. The fourth-order valence-electron chi connectivity index (χ4n) is 1.56. The molecule has 1 atom stereocenters. The maximum absolute atomic E-state index is 13.8. The Morgan fingerprint density at radius 3 is 1.23 bits per heavy atom. The van der Waals surface area contributed by atoms with Crippen LogP contribution in [0.5, 0.6) is 0 Å². The molecular formula is C10H8F13N3. The van der Waals surface area contributed by atoms with E-state index in [1.807, 2.05) is 0 Å². The van der Waals surface area contributed by atoms with Gasteiger partial charge in [0.15, 0.2) is 0 Å². The van der Waals surface area contributed by atoms with Crippen molar-refractivity contribution in [2.45, 2.75) is 61.6 Å². The summed E-state index contributed by atoms with van der Waals surface area (Å²) in [5.74, 6) is -37.6. The van der Waals surface area contributed by atoms with Crippen molar-refractivity contribution in [2.75, 3.05) is 0 Å². The topological polar surface area (TPSA) is 48.8 Å². The van der Waals surface area contributed by atoms with Crippen LogP contribution in [0.15, 0.2) is 5.11 Å². The van der Waals surface area contributed by atoms with Gasteiger partial charge in [0, 0.05) is 4.91 Å². The minimum Gasteiger partial charge on any atom is -0.199 e. The predicted molar refractivity (Wildman–Crippen MR) is 58.6 cm³/mol. The lowest BCUT2D eigenvalue weighted by Crippen LogP contribution is -2.73. The summed E-state index contributed by atoms with van der Waals surface area (Å²) in [7, 11) is 0. The molecule has 0 aromatic heterocycles. The standard InChI is InChI=1S/C10H8F13N3/c1-3-4(2,25-26-24)5(11,12)6(13,14)7(15,16)8(17,18)9(19,20)10(21,22)23/h3H2,1-2H3. The van der Waals surface area contributed by atoms with Gasteiger partial charge >= 0.3 is 35.8 Å². The Morgan fingerprint density at radius 1 is 0.654 bits per heavy atom. The van der Waals surface area contributed by atoms with E-state index in [4.69, 9.17) is 5.53 Å².